The van der Waals surface area contributed by atoms with Gasteiger partial charge in [0, 0.05) is 25.9 Å². The number of nitrogens with zero attached hydrogens (tertiary/aromatic N) is 3. The average Bonchev–Trinajstić information content (AvgIpc) is 3.10. The summed E-state index contributed by atoms with van der Waals surface area (Å²) in [5.74, 6) is 0.660. The molecule has 0 aromatic heterocycles. The summed E-state index contributed by atoms with van der Waals surface area (Å²) in [6, 6.07) is 9.47. The van der Waals surface area contributed by atoms with Crippen LogP contribution in [-0.4, -0.2) is 69.7 Å². The van der Waals surface area contributed by atoms with E-state index in [4.69, 9.17) is 4.74 Å². The number of aliphatic imine (C=N–C) groups is 2. The van der Waals surface area contributed by atoms with Crippen molar-refractivity contribution in [1.29, 1.82) is 0 Å². The van der Waals surface area contributed by atoms with Gasteiger partial charge in [0.15, 0.2) is 5.17 Å². The van der Waals surface area contributed by atoms with Crippen LogP contribution in [0.15, 0.2) is 40.3 Å². The summed E-state index contributed by atoms with van der Waals surface area (Å²) < 4.78 is 5.30. The van der Waals surface area contributed by atoms with E-state index in [1.54, 1.807) is 0 Å². The number of carbonyl (C=O) groups is 1. The lowest BCUT2D eigenvalue weighted by molar-refractivity contribution is -0.145. The van der Waals surface area contributed by atoms with Crippen molar-refractivity contribution in [2.75, 3.05) is 19.3 Å². The number of carbonyl (C=O) groups excluding carboxylic acids is 1. The largest absolute Gasteiger partial charge is 0.461 e. The molecule has 1 aromatic rings. The van der Waals surface area contributed by atoms with Gasteiger partial charge in [-0.05, 0) is 24.7 Å². The second kappa shape index (κ2) is 12.3. The van der Waals surface area contributed by atoms with Crippen LogP contribution < -0.4 is 0 Å². The second-order valence-corrected chi connectivity index (χ2v) is 8.15. The number of esters is 1. The number of aliphatic hydroxyl groups excluding tert-OH is 2. The molecule has 0 amide bonds. The van der Waals surface area contributed by atoms with E-state index in [1.165, 1.54) is 11.8 Å². The molecule has 3 rings (SSSR count). The molecule has 1 saturated heterocycles. The number of likely N-dealkylation sites (tertiary alicyclic amines) is 1. The van der Waals surface area contributed by atoms with Gasteiger partial charge in [-0.2, -0.15) is 0 Å². The Balaban J connectivity index is 0.00000320. The van der Waals surface area contributed by atoms with Gasteiger partial charge in [0.2, 0.25) is 0 Å². The zero-order valence-corrected chi connectivity index (χ0v) is 18.8. The van der Waals surface area contributed by atoms with Gasteiger partial charge in [-0.25, -0.2) is 9.98 Å². The molecule has 9 heteroatoms. The van der Waals surface area contributed by atoms with Crippen LogP contribution in [0, 0.1) is 0 Å². The first-order valence-corrected chi connectivity index (χ1v) is 11.3. The monoisotopic (exact) mass is 455 g/mol. The Hall–Kier alpha value is -1.61. The third-order valence-corrected chi connectivity index (χ3v) is 5.71. The van der Waals surface area contributed by atoms with Crippen molar-refractivity contribution >= 4 is 41.1 Å². The molecule has 2 heterocycles. The first-order valence-electron chi connectivity index (χ1n) is 10.1. The van der Waals surface area contributed by atoms with Crippen LogP contribution in [0.3, 0.4) is 0 Å². The van der Waals surface area contributed by atoms with Gasteiger partial charge in [-0.15, -0.1) is 12.4 Å². The molecule has 7 nitrogen and oxygen atoms in total. The number of fused-ring (bicyclic) bond motifs is 1. The predicted octanol–water partition coefficient (Wildman–Crippen LogP) is 2.64. The first kappa shape index (κ1) is 24.7. The highest BCUT2D eigenvalue weighted by atomic mass is 35.5. The molecule has 0 radical (unpaired) electrons. The Kier molecular flexibility index (Phi) is 10.1. The Labute approximate surface area is 188 Å². The first-order chi connectivity index (χ1) is 14.1. The van der Waals surface area contributed by atoms with Crippen molar-refractivity contribution in [2.45, 2.75) is 57.0 Å². The number of hydrogen-bond donors (Lipinski definition) is 2. The Bertz CT molecular complexity index is 747. The highest BCUT2D eigenvalue weighted by Crippen LogP contribution is 2.24. The summed E-state index contributed by atoms with van der Waals surface area (Å²) in [4.78, 5) is 23.0. The average molecular weight is 456 g/mol. The van der Waals surface area contributed by atoms with Gasteiger partial charge in [-0.3, -0.25) is 4.79 Å². The molecular weight excluding hydrogens is 426 g/mol. The fraction of sp³-hybridized carbons (Fsp3) is 0.571. The van der Waals surface area contributed by atoms with E-state index in [0.29, 0.717) is 26.0 Å². The van der Waals surface area contributed by atoms with Gasteiger partial charge in [0.05, 0.1) is 12.2 Å². The van der Waals surface area contributed by atoms with E-state index >= 15 is 0 Å². The molecule has 166 valence electrons. The smallest absolute Gasteiger partial charge is 0.306 e. The minimum Gasteiger partial charge on any atom is -0.461 e. The van der Waals surface area contributed by atoms with Crippen LogP contribution in [-0.2, 0) is 16.1 Å². The molecule has 1 fully saturated rings. The van der Waals surface area contributed by atoms with E-state index in [0.717, 1.165) is 42.4 Å². The Morgan fingerprint density at radius 1 is 1.20 bits per heavy atom. The maximum absolute atomic E-state index is 11.9. The lowest BCUT2D eigenvalue weighted by Crippen LogP contribution is -2.40. The summed E-state index contributed by atoms with van der Waals surface area (Å²) in [6.45, 7) is 1.38. The number of unbranched alkanes of at least 4 members (excludes halogenated alkanes) is 2. The second-order valence-electron chi connectivity index (χ2n) is 7.37. The summed E-state index contributed by atoms with van der Waals surface area (Å²) >= 11 is 1.49. The molecule has 0 aliphatic carbocycles. The quantitative estimate of drug-likeness (QED) is 0.462. The number of ether oxygens (including phenoxy) is 1. The topological polar surface area (TPSA) is 94.7 Å². The molecule has 0 saturated carbocycles. The van der Waals surface area contributed by atoms with Crippen LogP contribution in [0.1, 0.15) is 37.7 Å². The number of aliphatic hydroxyl groups is 2. The molecule has 1 unspecified atom stereocenters. The van der Waals surface area contributed by atoms with E-state index in [9.17, 15) is 15.0 Å². The number of halogens is 1. The number of amidine groups is 2. The summed E-state index contributed by atoms with van der Waals surface area (Å²) in [7, 11) is 0. The van der Waals surface area contributed by atoms with Crippen molar-refractivity contribution in [3.8, 4) is 0 Å². The minimum absolute atomic E-state index is 0. The molecule has 0 bridgehead atoms. The van der Waals surface area contributed by atoms with Crippen LogP contribution in [0.2, 0.25) is 0 Å². The summed E-state index contributed by atoms with van der Waals surface area (Å²) in [5.41, 5.74) is 0.987. The Morgan fingerprint density at radius 2 is 1.97 bits per heavy atom. The number of benzene rings is 1. The normalized spacial score (nSPS) is 23.0. The number of rotatable bonds is 8. The fourth-order valence-electron chi connectivity index (χ4n) is 3.52. The van der Waals surface area contributed by atoms with Crippen LogP contribution in [0.5, 0.6) is 0 Å². The maximum Gasteiger partial charge on any atom is 0.306 e. The molecule has 0 spiro atoms. The molecule has 1 aromatic carbocycles. The predicted molar refractivity (Wildman–Crippen MR) is 122 cm³/mol. The van der Waals surface area contributed by atoms with Crippen molar-refractivity contribution in [3.63, 3.8) is 0 Å². The zero-order chi connectivity index (χ0) is 20.6. The molecule has 2 aliphatic rings. The lowest BCUT2D eigenvalue weighted by Gasteiger charge is -2.25. The molecule has 2 N–H and O–H groups in total. The number of thioether (sulfide) groups is 1. The zero-order valence-electron chi connectivity index (χ0n) is 17.1. The minimum atomic E-state index is -0.802. The molecule has 30 heavy (non-hydrogen) atoms. The Morgan fingerprint density at radius 3 is 2.70 bits per heavy atom. The van der Waals surface area contributed by atoms with Gasteiger partial charge >= 0.3 is 5.97 Å². The van der Waals surface area contributed by atoms with Crippen LogP contribution in [0.4, 0.5) is 0 Å². The van der Waals surface area contributed by atoms with E-state index < -0.39 is 12.2 Å². The third-order valence-electron chi connectivity index (χ3n) is 5.15. The van der Waals surface area contributed by atoms with Crippen molar-refractivity contribution < 1.29 is 19.7 Å². The molecule has 2 aliphatic heterocycles. The van der Waals surface area contributed by atoms with Crippen LogP contribution >= 0.6 is 24.2 Å². The van der Waals surface area contributed by atoms with E-state index in [1.807, 2.05) is 41.5 Å². The summed E-state index contributed by atoms with van der Waals surface area (Å²) in [5, 5.41) is 21.0. The van der Waals surface area contributed by atoms with Gasteiger partial charge in [0.25, 0.3) is 0 Å². The van der Waals surface area contributed by atoms with Gasteiger partial charge < -0.3 is 19.8 Å². The standard InChI is InChI=1S/C21H29N3O4S.ClH/c1-29-21-22-16-12-17(25)18(26)13-24(20(16)23-21)11-7-3-6-10-19(27)28-14-15-8-4-2-5-9-15;/h2,4-5,8-9,16-18,25-26H,3,6-7,10-14H2,1H3;1H/t16?,17-,18+;/m0./s1. The SMILES string of the molecule is CSC1=NC2C[C@H](O)[C@H](O)CN(CCCCCC(=O)OCc3ccccc3)C2=N1.Cl. The maximum atomic E-state index is 11.9. The van der Waals surface area contributed by atoms with E-state index in [-0.39, 0.29) is 24.4 Å². The van der Waals surface area contributed by atoms with Crippen molar-refractivity contribution in [2.24, 2.45) is 9.98 Å². The van der Waals surface area contributed by atoms with Crippen molar-refractivity contribution in [3.05, 3.63) is 35.9 Å². The van der Waals surface area contributed by atoms with Crippen LogP contribution in [0.25, 0.3) is 0 Å². The van der Waals surface area contributed by atoms with Gasteiger partial charge in [0.1, 0.15) is 18.5 Å². The summed E-state index contributed by atoms with van der Waals surface area (Å²) in [6.07, 6.45) is 3.64. The highest BCUT2D eigenvalue weighted by molar-refractivity contribution is 8.13. The van der Waals surface area contributed by atoms with E-state index in [2.05, 4.69) is 9.98 Å². The van der Waals surface area contributed by atoms with Gasteiger partial charge in [-0.1, -0.05) is 48.5 Å². The fourth-order valence-corrected chi connectivity index (χ4v) is 3.94. The lowest BCUT2D eigenvalue weighted by atomic mass is 10.1. The molecular formula is C21H30ClN3O4S. The third kappa shape index (κ3) is 6.97. The van der Waals surface area contributed by atoms with Crippen molar-refractivity contribution in [1.82, 2.24) is 4.90 Å². The highest BCUT2D eigenvalue weighted by Gasteiger charge is 2.36. The molecule has 3 atom stereocenters. The number of hydrogen-bond acceptors (Lipinski definition) is 8. The number of β-amino-alcohol motifs (C(OH)–C–C–N with tert-alkyl or cyclic N) is 1.